The second kappa shape index (κ2) is 5.71. The molecule has 0 unspecified atom stereocenters. The fourth-order valence-corrected chi connectivity index (χ4v) is 2.62. The summed E-state index contributed by atoms with van der Waals surface area (Å²) in [7, 11) is 0. The van der Waals surface area contributed by atoms with E-state index in [4.69, 9.17) is 11.6 Å². The van der Waals surface area contributed by atoms with E-state index >= 15 is 0 Å². The summed E-state index contributed by atoms with van der Waals surface area (Å²) < 4.78 is 14.8. The molecule has 1 aliphatic heterocycles. The molecule has 3 rings (SSSR count). The average Bonchev–Trinajstić information content (AvgIpc) is 2.84. The minimum atomic E-state index is -0.604. The first-order valence-corrected chi connectivity index (χ1v) is 7.17. The van der Waals surface area contributed by atoms with Crippen LogP contribution in [0, 0.1) is 5.82 Å². The lowest BCUT2D eigenvalue weighted by atomic mass is 10.1. The summed E-state index contributed by atoms with van der Waals surface area (Å²) in [5, 5.41) is 17.9. The van der Waals surface area contributed by atoms with Crippen molar-refractivity contribution in [3.05, 3.63) is 46.5 Å². The Balaban J connectivity index is 1.58. The fourth-order valence-electron chi connectivity index (χ4n) is 2.39. The van der Waals surface area contributed by atoms with Crippen molar-refractivity contribution in [3.63, 3.8) is 0 Å². The van der Waals surface area contributed by atoms with Crippen molar-refractivity contribution in [1.29, 1.82) is 0 Å². The molecule has 0 spiro atoms. The number of hydrogen-bond acceptors (Lipinski definition) is 4. The minimum Gasteiger partial charge on any atom is -0.387 e. The molecule has 21 heavy (non-hydrogen) atoms. The summed E-state index contributed by atoms with van der Waals surface area (Å²) in [6.07, 6.45) is 1.17. The monoisotopic (exact) mass is 310 g/mol. The Kier molecular flexibility index (Phi) is 3.93. The van der Waals surface area contributed by atoms with Crippen LogP contribution in [0.5, 0.6) is 0 Å². The number of hydrogen-bond donors (Lipinski definition) is 1. The zero-order valence-electron chi connectivity index (χ0n) is 11.6. The highest BCUT2D eigenvalue weighted by Gasteiger charge is 2.29. The molecule has 7 heteroatoms. The standard InChI is InChI=1S/C14H16ClFN4O/c1-9(21)14-8-20(18-17-14)12-6-19(7-12)5-10-2-3-11(16)4-13(10)15/h2-4,8-9,12,21H,5-7H2,1H3/t9-/m1/s1. The van der Waals surface area contributed by atoms with Gasteiger partial charge in [0.15, 0.2) is 0 Å². The number of benzene rings is 1. The molecule has 1 saturated heterocycles. The van der Waals surface area contributed by atoms with Gasteiger partial charge in [0.2, 0.25) is 0 Å². The Morgan fingerprint density at radius 2 is 2.24 bits per heavy atom. The van der Waals surface area contributed by atoms with Gasteiger partial charge in [-0.3, -0.25) is 4.90 Å². The number of halogens is 2. The van der Waals surface area contributed by atoms with Gasteiger partial charge in [0.25, 0.3) is 0 Å². The van der Waals surface area contributed by atoms with E-state index < -0.39 is 6.10 Å². The van der Waals surface area contributed by atoms with Crippen molar-refractivity contribution in [2.75, 3.05) is 13.1 Å². The molecule has 1 aliphatic rings. The maximum absolute atomic E-state index is 13.0. The van der Waals surface area contributed by atoms with E-state index in [1.54, 1.807) is 23.9 Å². The van der Waals surface area contributed by atoms with Crippen LogP contribution >= 0.6 is 11.6 Å². The fraction of sp³-hybridized carbons (Fsp3) is 0.429. The van der Waals surface area contributed by atoms with Crippen molar-refractivity contribution in [2.24, 2.45) is 0 Å². The summed E-state index contributed by atoms with van der Waals surface area (Å²) in [4.78, 5) is 2.20. The lowest BCUT2D eigenvalue weighted by Crippen LogP contribution is -2.47. The van der Waals surface area contributed by atoms with Gasteiger partial charge in [0.1, 0.15) is 11.5 Å². The van der Waals surface area contributed by atoms with E-state index in [0.717, 1.165) is 18.7 Å². The molecule has 1 fully saturated rings. The molecule has 2 heterocycles. The van der Waals surface area contributed by atoms with Crippen molar-refractivity contribution in [1.82, 2.24) is 19.9 Å². The SMILES string of the molecule is C[C@@H](O)c1cn(C2CN(Cc3ccc(F)cc3Cl)C2)nn1. The maximum atomic E-state index is 13.0. The molecule has 0 bridgehead atoms. The molecule has 2 aromatic rings. The number of rotatable bonds is 4. The molecule has 0 aliphatic carbocycles. The Morgan fingerprint density at radius 1 is 1.48 bits per heavy atom. The lowest BCUT2D eigenvalue weighted by molar-refractivity contribution is 0.0895. The highest BCUT2D eigenvalue weighted by molar-refractivity contribution is 6.31. The number of aliphatic hydroxyl groups is 1. The minimum absolute atomic E-state index is 0.254. The number of aliphatic hydroxyl groups excluding tert-OH is 1. The first kappa shape index (κ1) is 14.4. The maximum Gasteiger partial charge on any atom is 0.124 e. The van der Waals surface area contributed by atoms with Gasteiger partial charge >= 0.3 is 0 Å². The topological polar surface area (TPSA) is 54.2 Å². The van der Waals surface area contributed by atoms with Crippen LogP contribution in [0.15, 0.2) is 24.4 Å². The zero-order chi connectivity index (χ0) is 15.0. The normalized spacial score (nSPS) is 17.7. The highest BCUT2D eigenvalue weighted by Crippen LogP contribution is 2.26. The molecule has 0 saturated carbocycles. The Morgan fingerprint density at radius 3 is 2.86 bits per heavy atom. The molecule has 0 amide bonds. The van der Waals surface area contributed by atoms with Crippen LogP contribution < -0.4 is 0 Å². The molecule has 1 atom stereocenters. The summed E-state index contributed by atoms with van der Waals surface area (Å²) >= 11 is 6.02. The number of likely N-dealkylation sites (tertiary alicyclic amines) is 1. The predicted octanol–water partition coefficient (Wildman–Crippen LogP) is 2.18. The van der Waals surface area contributed by atoms with Crippen LogP contribution in [0.4, 0.5) is 4.39 Å². The third-order valence-corrected chi connectivity index (χ3v) is 4.03. The van der Waals surface area contributed by atoms with Crippen molar-refractivity contribution < 1.29 is 9.50 Å². The summed E-state index contributed by atoms with van der Waals surface area (Å²) in [5.74, 6) is -0.321. The molecule has 1 N–H and O–H groups in total. The van der Waals surface area contributed by atoms with Gasteiger partial charge in [0.05, 0.1) is 18.3 Å². The lowest BCUT2D eigenvalue weighted by Gasteiger charge is -2.39. The zero-order valence-corrected chi connectivity index (χ0v) is 12.3. The average molecular weight is 311 g/mol. The number of aromatic nitrogens is 3. The molecule has 5 nitrogen and oxygen atoms in total. The van der Waals surface area contributed by atoms with Gasteiger partial charge in [-0.25, -0.2) is 9.07 Å². The van der Waals surface area contributed by atoms with Gasteiger partial charge < -0.3 is 5.11 Å². The largest absolute Gasteiger partial charge is 0.387 e. The second-order valence-corrected chi connectivity index (χ2v) is 5.79. The van der Waals surface area contributed by atoms with Gasteiger partial charge in [-0.2, -0.15) is 0 Å². The van der Waals surface area contributed by atoms with Crippen LogP contribution in [0.25, 0.3) is 0 Å². The van der Waals surface area contributed by atoms with Crippen LogP contribution in [-0.2, 0) is 6.54 Å². The van der Waals surface area contributed by atoms with Crippen LogP contribution in [0.1, 0.15) is 30.3 Å². The summed E-state index contributed by atoms with van der Waals surface area (Å²) in [5.41, 5.74) is 1.50. The summed E-state index contributed by atoms with van der Waals surface area (Å²) in [6.45, 7) is 4.01. The van der Waals surface area contributed by atoms with E-state index in [2.05, 4.69) is 15.2 Å². The smallest absolute Gasteiger partial charge is 0.124 e. The molecule has 1 aromatic carbocycles. The predicted molar refractivity (Wildman–Crippen MR) is 76.4 cm³/mol. The van der Waals surface area contributed by atoms with Gasteiger partial charge in [-0.15, -0.1) is 5.10 Å². The van der Waals surface area contributed by atoms with Crippen molar-refractivity contribution >= 4 is 11.6 Å². The molecule has 112 valence electrons. The van der Waals surface area contributed by atoms with E-state index in [0.29, 0.717) is 17.3 Å². The van der Waals surface area contributed by atoms with E-state index in [1.807, 2.05) is 0 Å². The second-order valence-electron chi connectivity index (χ2n) is 5.38. The van der Waals surface area contributed by atoms with Gasteiger partial charge in [0, 0.05) is 24.7 Å². The third-order valence-electron chi connectivity index (χ3n) is 3.68. The van der Waals surface area contributed by atoms with E-state index in [-0.39, 0.29) is 11.9 Å². The highest BCUT2D eigenvalue weighted by atomic mass is 35.5. The van der Waals surface area contributed by atoms with Crippen molar-refractivity contribution in [3.8, 4) is 0 Å². The molecule has 1 aromatic heterocycles. The van der Waals surface area contributed by atoms with Gasteiger partial charge in [-0.1, -0.05) is 22.9 Å². The Bertz CT molecular complexity index is 640. The third kappa shape index (κ3) is 3.07. The van der Waals surface area contributed by atoms with Crippen LogP contribution in [0.3, 0.4) is 0 Å². The molecule has 0 radical (unpaired) electrons. The van der Waals surface area contributed by atoms with Crippen LogP contribution in [0.2, 0.25) is 5.02 Å². The molecular weight excluding hydrogens is 295 g/mol. The Hall–Kier alpha value is -1.50. The number of nitrogens with zero attached hydrogens (tertiary/aromatic N) is 4. The Labute approximate surface area is 126 Å². The molecular formula is C14H16ClFN4O. The first-order chi connectivity index (χ1) is 10.0. The van der Waals surface area contributed by atoms with Crippen LogP contribution in [-0.4, -0.2) is 38.1 Å². The first-order valence-electron chi connectivity index (χ1n) is 6.79. The quantitative estimate of drug-likeness (QED) is 0.940. The van der Waals surface area contributed by atoms with E-state index in [9.17, 15) is 9.50 Å². The van der Waals surface area contributed by atoms with Crippen molar-refractivity contribution in [2.45, 2.75) is 25.6 Å². The van der Waals surface area contributed by atoms with E-state index in [1.165, 1.54) is 12.1 Å². The van der Waals surface area contributed by atoms with Gasteiger partial charge in [-0.05, 0) is 24.6 Å². The summed E-state index contributed by atoms with van der Waals surface area (Å²) in [6, 6.07) is 4.72.